The number of nitrogens with one attached hydrogen (secondary N) is 1. The van der Waals surface area contributed by atoms with E-state index in [-0.39, 0.29) is 12.3 Å². The first-order chi connectivity index (χ1) is 10.0. The number of piperidine rings is 1. The van der Waals surface area contributed by atoms with E-state index in [0.717, 1.165) is 32.2 Å². The number of nitrogens with zero attached hydrogens (tertiary/aromatic N) is 1. The molecule has 5 nitrogen and oxygen atoms in total. The zero-order chi connectivity index (χ0) is 15.3. The first kappa shape index (κ1) is 16.3. The molecule has 0 aromatic carbocycles. The summed E-state index contributed by atoms with van der Waals surface area (Å²) in [5.74, 6) is -0.898. The highest BCUT2D eigenvalue weighted by Gasteiger charge is 2.41. The highest BCUT2D eigenvalue weighted by Crippen LogP contribution is 2.39. The third-order valence-electron chi connectivity index (χ3n) is 5.22. The largest absolute Gasteiger partial charge is 0.481 e. The van der Waals surface area contributed by atoms with Crippen LogP contribution in [-0.4, -0.2) is 48.1 Å². The molecular weight excluding hydrogens is 268 g/mol. The number of likely N-dealkylation sites (tertiary alicyclic amines) is 1. The van der Waals surface area contributed by atoms with Crippen molar-refractivity contribution in [2.45, 2.75) is 63.8 Å². The number of hydrogen-bond donors (Lipinski definition) is 2. The minimum Gasteiger partial charge on any atom is -0.481 e. The Morgan fingerprint density at radius 2 is 1.90 bits per heavy atom. The summed E-state index contributed by atoms with van der Waals surface area (Å²) >= 11 is 0. The van der Waals surface area contributed by atoms with Crippen molar-refractivity contribution in [2.24, 2.45) is 5.41 Å². The SMILES string of the molecule is CN1CCCCC1CNC(=O)CC1(C(=O)O)CCCCC1. The molecule has 2 aliphatic rings. The van der Waals surface area contributed by atoms with Gasteiger partial charge in [-0.15, -0.1) is 0 Å². The first-order valence-electron chi connectivity index (χ1n) is 8.24. The summed E-state index contributed by atoms with van der Waals surface area (Å²) in [4.78, 5) is 26.0. The minimum absolute atomic E-state index is 0.0988. The fraction of sp³-hybridized carbons (Fsp3) is 0.875. The van der Waals surface area contributed by atoms with Crippen LogP contribution in [0.3, 0.4) is 0 Å². The molecule has 1 unspecified atom stereocenters. The van der Waals surface area contributed by atoms with Crippen LogP contribution in [0.15, 0.2) is 0 Å². The van der Waals surface area contributed by atoms with Gasteiger partial charge in [-0.1, -0.05) is 25.7 Å². The van der Waals surface area contributed by atoms with E-state index < -0.39 is 11.4 Å². The van der Waals surface area contributed by atoms with Gasteiger partial charge >= 0.3 is 5.97 Å². The second kappa shape index (κ2) is 7.25. The van der Waals surface area contributed by atoms with Crippen molar-refractivity contribution >= 4 is 11.9 Å². The Balaban J connectivity index is 1.83. The Morgan fingerprint density at radius 3 is 2.52 bits per heavy atom. The molecule has 0 bridgehead atoms. The molecule has 1 aliphatic carbocycles. The summed E-state index contributed by atoms with van der Waals surface area (Å²) in [5.41, 5.74) is -0.819. The van der Waals surface area contributed by atoms with Crippen LogP contribution in [-0.2, 0) is 9.59 Å². The van der Waals surface area contributed by atoms with Gasteiger partial charge in [0.2, 0.25) is 5.91 Å². The standard InChI is InChI=1S/C16H28N2O3/c1-18-10-6-3-7-13(18)12-17-14(19)11-16(15(20)21)8-4-2-5-9-16/h13H,2-12H2,1H3,(H,17,19)(H,20,21). The summed E-state index contributed by atoms with van der Waals surface area (Å²) in [7, 11) is 2.09. The Morgan fingerprint density at radius 1 is 1.19 bits per heavy atom. The molecule has 120 valence electrons. The molecule has 2 fully saturated rings. The van der Waals surface area contributed by atoms with E-state index in [4.69, 9.17) is 0 Å². The quantitative estimate of drug-likeness (QED) is 0.814. The van der Waals surface area contributed by atoms with Crippen LogP contribution >= 0.6 is 0 Å². The van der Waals surface area contributed by atoms with Gasteiger partial charge in [0.1, 0.15) is 0 Å². The van der Waals surface area contributed by atoms with Crippen LogP contribution in [0.25, 0.3) is 0 Å². The van der Waals surface area contributed by atoms with Gasteiger partial charge in [0, 0.05) is 19.0 Å². The Bertz CT molecular complexity index is 378. The van der Waals surface area contributed by atoms with Crippen molar-refractivity contribution in [2.75, 3.05) is 20.1 Å². The predicted octanol–water partition coefficient (Wildman–Crippen LogP) is 2.01. The summed E-state index contributed by atoms with van der Waals surface area (Å²) in [6.07, 6.45) is 7.89. The topological polar surface area (TPSA) is 69.6 Å². The van der Waals surface area contributed by atoms with Crippen molar-refractivity contribution in [3.63, 3.8) is 0 Å². The zero-order valence-corrected chi connectivity index (χ0v) is 13.1. The number of aliphatic carboxylic acids is 1. The van der Waals surface area contributed by atoms with E-state index in [1.54, 1.807) is 0 Å². The second-order valence-electron chi connectivity index (χ2n) is 6.76. The normalized spacial score (nSPS) is 26.2. The van der Waals surface area contributed by atoms with Gasteiger partial charge in [-0.25, -0.2) is 0 Å². The molecule has 21 heavy (non-hydrogen) atoms. The molecule has 0 aromatic rings. The van der Waals surface area contributed by atoms with Crippen LogP contribution in [0, 0.1) is 5.41 Å². The molecule has 1 atom stereocenters. The molecule has 1 heterocycles. The van der Waals surface area contributed by atoms with Crippen molar-refractivity contribution < 1.29 is 14.7 Å². The maximum Gasteiger partial charge on any atom is 0.310 e. The average molecular weight is 296 g/mol. The lowest BCUT2D eigenvalue weighted by Gasteiger charge is -2.34. The monoisotopic (exact) mass is 296 g/mol. The van der Waals surface area contributed by atoms with Gasteiger partial charge in [-0.2, -0.15) is 0 Å². The van der Waals surface area contributed by atoms with E-state index >= 15 is 0 Å². The molecule has 2 N–H and O–H groups in total. The highest BCUT2D eigenvalue weighted by atomic mass is 16.4. The van der Waals surface area contributed by atoms with E-state index in [1.807, 2.05) is 0 Å². The van der Waals surface area contributed by atoms with Gasteiger partial charge in [0.15, 0.2) is 0 Å². The van der Waals surface area contributed by atoms with Crippen LogP contribution in [0.4, 0.5) is 0 Å². The fourth-order valence-electron chi connectivity index (χ4n) is 3.70. The number of rotatable bonds is 5. The number of carbonyl (C=O) groups excluding carboxylic acids is 1. The lowest BCUT2D eigenvalue weighted by atomic mass is 9.71. The number of hydrogen-bond acceptors (Lipinski definition) is 3. The van der Waals surface area contributed by atoms with Crippen molar-refractivity contribution in [1.82, 2.24) is 10.2 Å². The van der Waals surface area contributed by atoms with Crippen LogP contribution in [0.2, 0.25) is 0 Å². The fourth-order valence-corrected chi connectivity index (χ4v) is 3.70. The first-order valence-corrected chi connectivity index (χ1v) is 8.24. The van der Waals surface area contributed by atoms with E-state index in [0.29, 0.717) is 25.4 Å². The molecule has 0 aromatic heterocycles. The maximum absolute atomic E-state index is 12.2. The van der Waals surface area contributed by atoms with Crippen LogP contribution in [0.5, 0.6) is 0 Å². The van der Waals surface area contributed by atoms with Crippen molar-refractivity contribution in [3.05, 3.63) is 0 Å². The number of carboxylic acid groups (broad SMARTS) is 1. The molecule has 1 aliphatic heterocycles. The number of carboxylic acids is 1. The van der Waals surface area contributed by atoms with Gasteiger partial charge < -0.3 is 15.3 Å². The third kappa shape index (κ3) is 4.19. The van der Waals surface area contributed by atoms with Gasteiger partial charge in [0.25, 0.3) is 0 Å². The molecule has 0 radical (unpaired) electrons. The Kier molecular flexibility index (Phi) is 5.62. The highest BCUT2D eigenvalue weighted by molar-refractivity contribution is 5.85. The lowest BCUT2D eigenvalue weighted by Crippen LogP contribution is -2.46. The van der Waals surface area contributed by atoms with Crippen molar-refractivity contribution in [3.8, 4) is 0 Å². The molecule has 5 heteroatoms. The summed E-state index contributed by atoms with van der Waals surface area (Å²) < 4.78 is 0. The summed E-state index contributed by atoms with van der Waals surface area (Å²) in [6, 6.07) is 0.398. The lowest BCUT2D eigenvalue weighted by molar-refractivity contribution is -0.154. The summed E-state index contributed by atoms with van der Waals surface area (Å²) in [5, 5.41) is 12.5. The number of carbonyl (C=O) groups is 2. The predicted molar refractivity (Wildman–Crippen MR) is 81.0 cm³/mol. The Hall–Kier alpha value is -1.10. The maximum atomic E-state index is 12.2. The van der Waals surface area contributed by atoms with E-state index in [1.165, 1.54) is 12.8 Å². The minimum atomic E-state index is -0.819. The van der Waals surface area contributed by atoms with Crippen LogP contribution in [0.1, 0.15) is 57.8 Å². The molecule has 1 amide bonds. The van der Waals surface area contributed by atoms with Gasteiger partial charge in [0.05, 0.1) is 5.41 Å². The van der Waals surface area contributed by atoms with Crippen LogP contribution < -0.4 is 5.32 Å². The number of likely N-dealkylation sites (N-methyl/N-ethyl adjacent to an activating group) is 1. The molecule has 1 saturated heterocycles. The van der Waals surface area contributed by atoms with Crippen molar-refractivity contribution in [1.29, 1.82) is 0 Å². The van der Waals surface area contributed by atoms with E-state index in [9.17, 15) is 14.7 Å². The van der Waals surface area contributed by atoms with Gasteiger partial charge in [-0.3, -0.25) is 9.59 Å². The second-order valence-corrected chi connectivity index (χ2v) is 6.76. The molecule has 0 spiro atoms. The van der Waals surface area contributed by atoms with Gasteiger partial charge in [-0.05, 0) is 39.3 Å². The summed E-state index contributed by atoms with van der Waals surface area (Å²) in [6.45, 7) is 1.73. The molecular formula is C16H28N2O3. The number of amides is 1. The third-order valence-corrected chi connectivity index (χ3v) is 5.22. The average Bonchev–Trinajstić information content (AvgIpc) is 2.47. The smallest absolute Gasteiger partial charge is 0.310 e. The molecule has 2 rings (SSSR count). The molecule has 1 saturated carbocycles. The Labute approximate surface area is 127 Å². The van der Waals surface area contributed by atoms with E-state index in [2.05, 4.69) is 17.3 Å². The zero-order valence-electron chi connectivity index (χ0n) is 13.1.